The first-order chi connectivity index (χ1) is 18.0. The highest BCUT2D eigenvalue weighted by Crippen LogP contribution is 2.32. The molecule has 6 nitrogen and oxygen atoms in total. The van der Waals surface area contributed by atoms with Crippen molar-refractivity contribution in [3.63, 3.8) is 0 Å². The number of fused-ring (bicyclic) bond motifs is 1. The normalized spacial score (nSPS) is 15.5. The lowest BCUT2D eigenvalue weighted by Gasteiger charge is -2.33. The average molecular weight is 500 g/mol. The summed E-state index contributed by atoms with van der Waals surface area (Å²) in [5.41, 5.74) is 4.51. The first kappa shape index (κ1) is 25.0. The summed E-state index contributed by atoms with van der Waals surface area (Å²) in [6.45, 7) is 4.31. The molecule has 4 aromatic rings. The van der Waals surface area contributed by atoms with Gasteiger partial charge in [0.1, 0.15) is 5.82 Å². The van der Waals surface area contributed by atoms with Crippen LogP contribution in [0.3, 0.4) is 0 Å². The van der Waals surface area contributed by atoms with Crippen LogP contribution >= 0.6 is 0 Å². The number of nitrogens with zero attached hydrogens (tertiary/aromatic N) is 2. The Labute approximate surface area is 216 Å². The van der Waals surface area contributed by atoms with Gasteiger partial charge in [0.15, 0.2) is 13.2 Å². The number of pyridine rings is 1. The highest BCUT2D eigenvalue weighted by molar-refractivity contribution is 6.09. The summed E-state index contributed by atoms with van der Waals surface area (Å²) in [7, 11) is 0. The molecule has 1 atom stereocenters. The minimum absolute atomic E-state index is 0.223. The number of carbonyl (C=O) groups excluding carboxylic acids is 1. The van der Waals surface area contributed by atoms with E-state index in [2.05, 4.69) is 10.2 Å². The van der Waals surface area contributed by atoms with Crippen molar-refractivity contribution in [2.45, 2.75) is 25.9 Å². The van der Waals surface area contributed by atoms with Crippen molar-refractivity contribution in [2.24, 2.45) is 0 Å². The summed E-state index contributed by atoms with van der Waals surface area (Å²) in [5.74, 6) is -0.555. The van der Waals surface area contributed by atoms with Gasteiger partial charge < -0.3 is 15.1 Å². The van der Waals surface area contributed by atoms with E-state index in [0.717, 1.165) is 33.3 Å². The van der Waals surface area contributed by atoms with Crippen LogP contribution in [-0.4, -0.2) is 42.1 Å². The Morgan fingerprint density at radius 1 is 1.05 bits per heavy atom. The number of carbonyl (C=O) groups is 1. The highest BCUT2D eigenvalue weighted by atomic mass is 19.1. The van der Waals surface area contributed by atoms with Gasteiger partial charge in [-0.2, -0.15) is 0 Å². The molecule has 5 rings (SSSR count). The molecule has 1 aromatic heterocycles. The molecule has 1 saturated heterocycles. The monoisotopic (exact) mass is 499 g/mol. The van der Waals surface area contributed by atoms with Crippen LogP contribution in [0.15, 0.2) is 78.9 Å². The van der Waals surface area contributed by atoms with Crippen LogP contribution in [0, 0.1) is 5.82 Å². The Hall–Kier alpha value is -3.65. The fourth-order valence-corrected chi connectivity index (χ4v) is 4.93. The third-order valence-corrected chi connectivity index (χ3v) is 6.88. The lowest BCUT2D eigenvalue weighted by Crippen LogP contribution is -2.46. The summed E-state index contributed by atoms with van der Waals surface area (Å²) in [6, 6.07) is 23.5. The van der Waals surface area contributed by atoms with Crippen LogP contribution in [0.2, 0.25) is 0 Å². The van der Waals surface area contributed by atoms with Crippen LogP contribution in [0.25, 0.3) is 22.2 Å². The first-order valence-corrected chi connectivity index (χ1v) is 12.6. The van der Waals surface area contributed by atoms with Gasteiger partial charge in [-0.25, -0.2) is 9.37 Å². The largest absolute Gasteiger partial charge is 0.534 e. The summed E-state index contributed by atoms with van der Waals surface area (Å²) in [5, 5.41) is 15.6. The van der Waals surface area contributed by atoms with E-state index >= 15 is 0 Å². The Balaban J connectivity index is 1.63. The Kier molecular flexibility index (Phi) is 7.55. The summed E-state index contributed by atoms with van der Waals surface area (Å²) in [6.07, 6.45) is 0.613. The molecule has 3 aromatic carbocycles. The molecule has 1 fully saturated rings. The van der Waals surface area contributed by atoms with Gasteiger partial charge in [0.25, 0.3) is 5.91 Å². The molecule has 37 heavy (non-hydrogen) atoms. The maximum absolute atomic E-state index is 14.1. The van der Waals surface area contributed by atoms with Gasteiger partial charge in [-0.15, -0.1) is 0 Å². The Bertz CT molecular complexity index is 1390. The lowest BCUT2D eigenvalue weighted by molar-refractivity contribution is -0.797. The number of halogens is 1. The molecule has 7 heteroatoms. The minimum Gasteiger partial charge on any atom is -0.534 e. The van der Waals surface area contributed by atoms with E-state index in [-0.39, 0.29) is 17.8 Å². The molecule has 0 saturated carbocycles. The zero-order chi connectivity index (χ0) is 25.8. The highest BCUT2D eigenvalue weighted by Gasteiger charge is 2.27. The van der Waals surface area contributed by atoms with Crippen molar-refractivity contribution < 1.29 is 19.0 Å². The molecular formula is C30H30FN3O3. The molecule has 2 heterocycles. The first-order valence-electron chi connectivity index (χ1n) is 12.6. The maximum Gasteiger partial charge on any atom is 0.252 e. The van der Waals surface area contributed by atoms with E-state index in [4.69, 9.17) is 4.98 Å². The third-order valence-electron chi connectivity index (χ3n) is 6.88. The van der Waals surface area contributed by atoms with E-state index in [9.17, 15) is 14.4 Å². The van der Waals surface area contributed by atoms with Crippen molar-refractivity contribution in [2.75, 3.05) is 26.3 Å². The fourth-order valence-electron chi connectivity index (χ4n) is 4.93. The number of rotatable bonds is 7. The number of aromatic nitrogens is 1. The van der Waals surface area contributed by atoms with E-state index in [1.54, 1.807) is 6.07 Å². The molecule has 0 radical (unpaired) electrons. The van der Waals surface area contributed by atoms with Crippen LogP contribution in [0.4, 0.5) is 4.39 Å². The van der Waals surface area contributed by atoms with Gasteiger partial charge in [0.2, 0.25) is 0 Å². The van der Waals surface area contributed by atoms with Gasteiger partial charge in [0, 0.05) is 23.1 Å². The predicted molar refractivity (Wildman–Crippen MR) is 140 cm³/mol. The van der Waals surface area contributed by atoms with Crippen LogP contribution in [0.1, 0.15) is 40.9 Å². The summed E-state index contributed by atoms with van der Waals surface area (Å²) >= 11 is 0. The second-order valence-electron chi connectivity index (χ2n) is 9.31. The van der Waals surface area contributed by atoms with E-state index in [1.165, 1.54) is 12.1 Å². The molecular weight excluding hydrogens is 469 g/mol. The third kappa shape index (κ3) is 5.54. The van der Waals surface area contributed by atoms with Gasteiger partial charge in [-0.3, -0.25) is 9.69 Å². The van der Waals surface area contributed by atoms with Crippen molar-refractivity contribution in [1.82, 2.24) is 15.2 Å². The fraction of sp³-hybridized carbons (Fsp3) is 0.267. The number of nitrogens with one attached hydrogen (secondary N) is 1. The number of benzene rings is 3. The number of morpholine rings is 1. The quantitative estimate of drug-likeness (QED) is 0.299. The second-order valence-corrected chi connectivity index (χ2v) is 9.31. The molecule has 0 bridgehead atoms. The lowest BCUT2D eigenvalue weighted by atomic mass is 9.94. The molecule has 190 valence electrons. The van der Waals surface area contributed by atoms with E-state index in [1.807, 2.05) is 72.1 Å². The zero-order valence-electron chi connectivity index (χ0n) is 20.8. The van der Waals surface area contributed by atoms with Gasteiger partial charge in [0.05, 0.1) is 35.9 Å². The van der Waals surface area contributed by atoms with E-state index in [0.29, 0.717) is 44.8 Å². The van der Waals surface area contributed by atoms with Gasteiger partial charge in [-0.05, 0) is 30.2 Å². The average Bonchev–Trinajstić information content (AvgIpc) is 2.93. The Morgan fingerprint density at radius 2 is 1.78 bits per heavy atom. The molecule has 1 unspecified atom stereocenters. The van der Waals surface area contributed by atoms with Crippen LogP contribution in [0.5, 0.6) is 0 Å². The number of amides is 1. The van der Waals surface area contributed by atoms with Crippen LogP contribution < -0.4 is 10.6 Å². The van der Waals surface area contributed by atoms with Crippen molar-refractivity contribution in [3.8, 4) is 11.3 Å². The van der Waals surface area contributed by atoms with Gasteiger partial charge in [-0.1, -0.05) is 67.6 Å². The maximum atomic E-state index is 14.1. The molecule has 0 aliphatic carbocycles. The summed E-state index contributed by atoms with van der Waals surface area (Å²) in [4.78, 5) is 21.3. The molecule has 1 N–H and O–H groups in total. The van der Waals surface area contributed by atoms with Gasteiger partial charge >= 0.3 is 0 Å². The second kappa shape index (κ2) is 11.2. The van der Waals surface area contributed by atoms with E-state index < -0.39 is 0 Å². The number of hydrogen-bond acceptors (Lipinski definition) is 4. The molecule has 1 aliphatic rings. The van der Waals surface area contributed by atoms with Crippen molar-refractivity contribution >= 4 is 16.8 Å². The SMILES string of the molecule is CCC(NC(=O)c1c(CN2CC[O+]([O-])CC2)c(-c2ccccc2)nc2ccccc12)c1cccc(F)c1. The zero-order valence-corrected chi connectivity index (χ0v) is 20.8. The molecule has 1 amide bonds. The minimum atomic E-state index is -0.344. The van der Waals surface area contributed by atoms with Crippen molar-refractivity contribution in [1.29, 1.82) is 0 Å². The molecule has 1 aliphatic heterocycles. The molecule has 0 spiro atoms. The number of hydrogen-bond donors (Lipinski definition) is 1. The topological polar surface area (TPSA) is 71.0 Å². The Morgan fingerprint density at radius 3 is 2.51 bits per heavy atom. The van der Waals surface area contributed by atoms with Crippen LogP contribution in [-0.2, 0) is 11.1 Å². The standard InChI is InChI=1S/C30H30FN3O3/c1-2-26(22-11-8-12-23(31)19-22)33-30(35)28-24-13-6-7-14-27(24)32-29(21-9-4-3-5-10-21)25(28)20-34-15-17-37(36)18-16-34/h3-14,19,26H,2,15-18,20H2,1H3,(H,33,35). The smallest absolute Gasteiger partial charge is 0.252 e. The predicted octanol–water partition coefficient (Wildman–Crippen LogP) is 4.57. The van der Waals surface area contributed by atoms with Crippen molar-refractivity contribution in [3.05, 3.63) is 101 Å². The summed E-state index contributed by atoms with van der Waals surface area (Å²) < 4.78 is 15.8. The number of para-hydroxylation sites is 1.